The van der Waals surface area contributed by atoms with Gasteiger partial charge in [0.05, 0.1) is 5.56 Å². The van der Waals surface area contributed by atoms with Gasteiger partial charge in [-0.15, -0.1) is 0 Å². The number of carboxylic acids is 1. The first kappa shape index (κ1) is 14.6. The zero-order chi connectivity index (χ0) is 14.7. The Kier molecular flexibility index (Phi) is 4.42. The topological polar surface area (TPSA) is 57.6 Å². The molecule has 0 radical (unpaired) electrons. The van der Waals surface area contributed by atoms with Gasteiger partial charge in [-0.25, -0.2) is 4.79 Å². The van der Waals surface area contributed by atoms with Crippen LogP contribution in [0.4, 0.5) is 0 Å². The lowest BCUT2D eigenvalue weighted by Gasteiger charge is -2.31. The number of amides is 1. The van der Waals surface area contributed by atoms with E-state index in [4.69, 9.17) is 5.11 Å². The van der Waals surface area contributed by atoms with E-state index in [1.807, 2.05) is 24.8 Å². The molecule has 1 aromatic rings. The van der Waals surface area contributed by atoms with Crippen molar-refractivity contribution >= 4 is 11.9 Å². The number of carbonyl (C=O) groups is 2. The molecule has 20 heavy (non-hydrogen) atoms. The van der Waals surface area contributed by atoms with E-state index in [2.05, 4.69) is 0 Å². The summed E-state index contributed by atoms with van der Waals surface area (Å²) >= 11 is 0. The van der Waals surface area contributed by atoms with Gasteiger partial charge in [-0.3, -0.25) is 4.79 Å². The summed E-state index contributed by atoms with van der Waals surface area (Å²) in [6, 6.07) is 5.21. The highest BCUT2D eigenvalue weighted by Gasteiger charge is 2.25. The van der Waals surface area contributed by atoms with Gasteiger partial charge < -0.3 is 10.0 Å². The summed E-state index contributed by atoms with van der Waals surface area (Å²) in [7, 11) is 0. The maximum atomic E-state index is 12.4. The molecule has 0 atom stereocenters. The van der Waals surface area contributed by atoms with Gasteiger partial charge in [-0.05, 0) is 42.5 Å². The molecule has 0 bridgehead atoms. The zero-order valence-electron chi connectivity index (χ0n) is 12.1. The molecule has 0 unspecified atom stereocenters. The predicted molar refractivity (Wildman–Crippen MR) is 76.6 cm³/mol. The van der Waals surface area contributed by atoms with Crippen molar-refractivity contribution in [2.45, 2.75) is 39.7 Å². The Bertz CT molecular complexity index is 520. The van der Waals surface area contributed by atoms with Crippen LogP contribution in [-0.4, -0.2) is 28.4 Å². The van der Waals surface area contributed by atoms with Crippen molar-refractivity contribution < 1.29 is 14.7 Å². The van der Waals surface area contributed by atoms with Crippen molar-refractivity contribution in [1.82, 2.24) is 4.90 Å². The summed E-state index contributed by atoms with van der Waals surface area (Å²) in [5.74, 6) is -0.642. The van der Waals surface area contributed by atoms with Gasteiger partial charge in [0.2, 0.25) is 5.91 Å². The summed E-state index contributed by atoms with van der Waals surface area (Å²) in [5, 5.41) is 9.05. The fourth-order valence-electron chi connectivity index (χ4n) is 2.77. The SMILES string of the molecule is CCC(CC)C(=O)N1CCc2ccc(C(=O)O)cc2C1. The van der Waals surface area contributed by atoms with E-state index in [1.54, 1.807) is 12.1 Å². The summed E-state index contributed by atoms with van der Waals surface area (Å²) in [6.07, 6.45) is 2.52. The van der Waals surface area contributed by atoms with Crippen LogP contribution in [0, 0.1) is 5.92 Å². The van der Waals surface area contributed by atoms with Gasteiger partial charge in [0.15, 0.2) is 0 Å². The van der Waals surface area contributed by atoms with Crippen molar-refractivity contribution in [3.05, 3.63) is 34.9 Å². The average molecular weight is 275 g/mol. The molecule has 4 heteroatoms. The Morgan fingerprint density at radius 1 is 1.25 bits per heavy atom. The van der Waals surface area contributed by atoms with Crippen molar-refractivity contribution in [3.63, 3.8) is 0 Å². The van der Waals surface area contributed by atoms with Crippen molar-refractivity contribution in [2.24, 2.45) is 5.92 Å². The largest absolute Gasteiger partial charge is 0.478 e. The number of benzene rings is 1. The first-order valence-corrected chi connectivity index (χ1v) is 7.20. The normalized spacial score (nSPS) is 14.2. The van der Waals surface area contributed by atoms with Crippen molar-refractivity contribution in [1.29, 1.82) is 0 Å². The molecule has 2 rings (SSSR count). The molecule has 0 saturated carbocycles. The number of nitrogens with zero attached hydrogens (tertiary/aromatic N) is 1. The first-order chi connectivity index (χ1) is 9.56. The van der Waals surface area contributed by atoms with Crippen LogP contribution in [0.5, 0.6) is 0 Å². The first-order valence-electron chi connectivity index (χ1n) is 7.20. The molecule has 108 valence electrons. The van der Waals surface area contributed by atoms with Gasteiger partial charge >= 0.3 is 5.97 Å². The maximum Gasteiger partial charge on any atom is 0.335 e. The minimum Gasteiger partial charge on any atom is -0.478 e. The smallest absolute Gasteiger partial charge is 0.335 e. The number of hydrogen-bond donors (Lipinski definition) is 1. The van der Waals surface area contributed by atoms with Crippen LogP contribution in [0.3, 0.4) is 0 Å². The Morgan fingerprint density at radius 2 is 1.95 bits per heavy atom. The van der Waals surface area contributed by atoms with Crippen molar-refractivity contribution in [3.8, 4) is 0 Å². The van der Waals surface area contributed by atoms with Crippen LogP contribution in [0.25, 0.3) is 0 Å². The van der Waals surface area contributed by atoms with Crippen LogP contribution in [0.15, 0.2) is 18.2 Å². The third kappa shape index (κ3) is 2.84. The molecule has 0 saturated heterocycles. The molecule has 1 amide bonds. The van der Waals surface area contributed by atoms with E-state index in [1.165, 1.54) is 0 Å². The summed E-state index contributed by atoms with van der Waals surface area (Å²) in [4.78, 5) is 25.3. The minimum atomic E-state index is -0.920. The minimum absolute atomic E-state index is 0.0826. The van der Waals surface area contributed by atoms with Crippen molar-refractivity contribution in [2.75, 3.05) is 6.54 Å². The molecule has 0 fully saturated rings. The highest BCUT2D eigenvalue weighted by Crippen LogP contribution is 2.23. The quantitative estimate of drug-likeness (QED) is 0.919. The second-order valence-electron chi connectivity index (χ2n) is 5.31. The fourth-order valence-corrected chi connectivity index (χ4v) is 2.77. The standard InChI is InChI=1S/C16H21NO3/c1-3-11(4-2)15(18)17-8-7-12-5-6-13(16(19)20)9-14(12)10-17/h5-6,9,11H,3-4,7-8,10H2,1-2H3,(H,19,20). The van der Waals surface area contributed by atoms with Crippen LogP contribution >= 0.6 is 0 Å². The van der Waals surface area contributed by atoms with Gasteiger partial charge in [0, 0.05) is 19.0 Å². The number of aromatic carboxylic acids is 1. The van der Waals surface area contributed by atoms with Crippen LogP contribution in [0.1, 0.15) is 48.2 Å². The number of rotatable bonds is 4. The number of fused-ring (bicyclic) bond motifs is 1. The Labute approximate surface area is 119 Å². The molecule has 1 aliphatic heterocycles. The number of hydrogen-bond acceptors (Lipinski definition) is 2. The third-order valence-corrected chi connectivity index (χ3v) is 4.11. The Morgan fingerprint density at radius 3 is 2.55 bits per heavy atom. The highest BCUT2D eigenvalue weighted by atomic mass is 16.4. The number of carboxylic acid groups (broad SMARTS) is 1. The molecule has 0 aromatic heterocycles. The molecule has 0 aliphatic carbocycles. The molecule has 1 aliphatic rings. The van der Waals surface area contributed by atoms with Crippen LogP contribution in [0.2, 0.25) is 0 Å². The molecule has 1 aromatic carbocycles. The Hall–Kier alpha value is -1.84. The lowest BCUT2D eigenvalue weighted by Crippen LogP contribution is -2.39. The van der Waals surface area contributed by atoms with E-state index in [0.717, 1.165) is 36.9 Å². The van der Waals surface area contributed by atoms with Gasteiger partial charge in [0.25, 0.3) is 0 Å². The molecular formula is C16H21NO3. The third-order valence-electron chi connectivity index (χ3n) is 4.11. The van der Waals surface area contributed by atoms with E-state index in [-0.39, 0.29) is 11.8 Å². The summed E-state index contributed by atoms with van der Waals surface area (Å²) < 4.78 is 0. The highest BCUT2D eigenvalue weighted by molar-refractivity contribution is 5.88. The van der Waals surface area contributed by atoms with Gasteiger partial charge in [-0.1, -0.05) is 19.9 Å². The Balaban J connectivity index is 2.19. The van der Waals surface area contributed by atoms with E-state index in [0.29, 0.717) is 12.1 Å². The molecule has 0 spiro atoms. The summed E-state index contributed by atoms with van der Waals surface area (Å²) in [6.45, 7) is 5.33. The molecule has 4 nitrogen and oxygen atoms in total. The monoisotopic (exact) mass is 275 g/mol. The zero-order valence-corrected chi connectivity index (χ0v) is 12.1. The van der Waals surface area contributed by atoms with Gasteiger partial charge in [0.1, 0.15) is 0 Å². The average Bonchev–Trinajstić information content (AvgIpc) is 2.47. The number of carbonyl (C=O) groups excluding carboxylic acids is 1. The fraction of sp³-hybridized carbons (Fsp3) is 0.500. The molecular weight excluding hydrogens is 254 g/mol. The summed E-state index contributed by atoms with van der Waals surface area (Å²) in [5.41, 5.74) is 2.42. The molecule has 1 heterocycles. The van der Waals surface area contributed by atoms with E-state index in [9.17, 15) is 9.59 Å². The second kappa shape index (κ2) is 6.07. The second-order valence-corrected chi connectivity index (χ2v) is 5.31. The lowest BCUT2D eigenvalue weighted by atomic mass is 9.95. The van der Waals surface area contributed by atoms with Crippen LogP contribution in [-0.2, 0) is 17.8 Å². The van der Waals surface area contributed by atoms with E-state index >= 15 is 0 Å². The van der Waals surface area contributed by atoms with Gasteiger partial charge in [-0.2, -0.15) is 0 Å². The predicted octanol–water partition coefficient (Wildman–Crippen LogP) is 2.71. The van der Waals surface area contributed by atoms with Crippen LogP contribution < -0.4 is 0 Å². The maximum absolute atomic E-state index is 12.4. The molecule has 1 N–H and O–H groups in total. The van der Waals surface area contributed by atoms with E-state index < -0.39 is 5.97 Å². The lowest BCUT2D eigenvalue weighted by molar-refractivity contribution is -0.136.